The highest BCUT2D eigenvalue weighted by atomic mass is 16.5. The van der Waals surface area contributed by atoms with E-state index >= 15 is 0 Å². The third-order valence-corrected chi connectivity index (χ3v) is 8.91. The molecule has 4 atom stereocenters. The predicted octanol–water partition coefficient (Wildman–Crippen LogP) is 1.34. The van der Waals surface area contributed by atoms with E-state index in [9.17, 15) is 34.8 Å². The standard InChI is InChI=1S/C29H32N4O9/c1-11(2)27-32-28(42-33-27)14-3-4-17(34)19-15(14)9-12-10-16-21(31-13-5-7-41-8-6-13)23(36)20(26(30)39)25(38)29(16,40)24(37)18(12)22(19)35/h3-4,11-13,16,21,31,34-35,38,40H,5-10H2,1-2H3,(H2,30,39). The van der Waals surface area contributed by atoms with Gasteiger partial charge in [0.15, 0.2) is 17.2 Å². The lowest BCUT2D eigenvalue weighted by atomic mass is 9.57. The third kappa shape index (κ3) is 4.06. The number of carbonyl (C=O) groups is 3. The van der Waals surface area contributed by atoms with Gasteiger partial charge in [-0.25, -0.2) is 0 Å². The Morgan fingerprint density at radius 3 is 2.52 bits per heavy atom. The molecule has 1 aromatic heterocycles. The summed E-state index contributed by atoms with van der Waals surface area (Å²) in [6, 6.07) is 1.47. The number of aliphatic hydroxyl groups is 3. The number of aromatic nitrogens is 2. The van der Waals surface area contributed by atoms with Crippen molar-refractivity contribution in [1.82, 2.24) is 15.5 Å². The predicted molar refractivity (Wildman–Crippen MR) is 145 cm³/mol. The van der Waals surface area contributed by atoms with Gasteiger partial charge in [0.1, 0.15) is 22.8 Å². The number of nitrogens with one attached hydrogen (secondary N) is 1. The molecule has 42 heavy (non-hydrogen) atoms. The normalized spacial score (nSPS) is 28.1. The number of aliphatic hydroxyl groups excluding tert-OH is 2. The van der Waals surface area contributed by atoms with Crippen molar-refractivity contribution in [2.75, 3.05) is 13.2 Å². The van der Waals surface area contributed by atoms with Gasteiger partial charge in [-0.1, -0.05) is 19.0 Å². The lowest BCUT2D eigenvalue weighted by molar-refractivity contribution is -0.150. The van der Waals surface area contributed by atoms with E-state index in [1.165, 1.54) is 6.07 Å². The number of phenols is 1. The molecule has 1 aliphatic heterocycles. The highest BCUT2D eigenvalue weighted by Crippen LogP contribution is 2.53. The Balaban J connectivity index is 1.49. The van der Waals surface area contributed by atoms with Crippen molar-refractivity contribution < 1.29 is 44.1 Å². The lowest BCUT2D eigenvalue weighted by Gasteiger charge is -2.49. The minimum atomic E-state index is -2.72. The number of hydrogen-bond acceptors (Lipinski definition) is 12. The third-order valence-electron chi connectivity index (χ3n) is 8.91. The zero-order valence-electron chi connectivity index (χ0n) is 23.1. The van der Waals surface area contributed by atoms with E-state index in [2.05, 4.69) is 15.5 Å². The average Bonchev–Trinajstić information content (AvgIpc) is 3.44. The van der Waals surface area contributed by atoms with Gasteiger partial charge < -0.3 is 40.7 Å². The summed E-state index contributed by atoms with van der Waals surface area (Å²) in [6.45, 7) is 4.69. The first-order chi connectivity index (χ1) is 19.9. The van der Waals surface area contributed by atoms with Gasteiger partial charge in [-0.05, 0) is 49.3 Å². The molecule has 3 aliphatic carbocycles. The first kappa shape index (κ1) is 28.1. The highest BCUT2D eigenvalue weighted by molar-refractivity contribution is 6.24. The van der Waals surface area contributed by atoms with Gasteiger partial charge in [0, 0.05) is 42.2 Å². The van der Waals surface area contributed by atoms with E-state index < -0.39 is 58.0 Å². The molecule has 1 aromatic carbocycles. The van der Waals surface area contributed by atoms with Crippen LogP contribution in [-0.2, 0) is 25.5 Å². The molecule has 1 saturated carbocycles. The first-order valence-electron chi connectivity index (χ1n) is 14.0. The molecule has 2 aromatic rings. The summed E-state index contributed by atoms with van der Waals surface area (Å²) in [5.41, 5.74) is 2.51. The number of carbonyl (C=O) groups excluding carboxylic acids is 3. The summed E-state index contributed by atoms with van der Waals surface area (Å²) in [5, 5.41) is 52.4. The van der Waals surface area contributed by atoms with Gasteiger partial charge in [-0.15, -0.1) is 0 Å². The largest absolute Gasteiger partial charge is 0.508 e. The number of Topliss-reactive ketones (excluding diaryl/α,β-unsaturated/α-hetero) is 2. The Morgan fingerprint density at radius 1 is 1.17 bits per heavy atom. The van der Waals surface area contributed by atoms with Gasteiger partial charge >= 0.3 is 0 Å². The van der Waals surface area contributed by atoms with Crippen LogP contribution in [0.1, 0.15) is 56.0 Å². The molecule has 2 heterocycles. The van der Waals surface area contributed by atoms with Crippen molar-refractivity contribution in [3.63, 3.8) is 0 Å². The molecule has 0 bridgehead atoms. The number of fused-ring (bicyclic) bond motifs is 3. The molecule has 2 fully saturated rings. The molecule has 13 heteroatoms. The van der Waals surface area contributed by atoms with E-state index in [0.29, 0.717) is 43.0 Å². The fraction of sp³-hybridized carbons (Fsp3) is 0.483. The van der Waals surface area contributed by atoms with Crippen LogP contribution in [0.5, 0.6) is 5.75 Å². The SMILES string of the molecule is CC(C)c1noc(-c2ccc(O)c3c2CC2CC4C(NC5CCOCC5)C(=O)C(C(N)=O)=C(O)C4(O)C(=O)C2=C3O)n1. The van der Waals surface area contributed by atoms with Crippen molar-refractivity contribution in [2.45, 2.75) is 63.1 Å². The van der Waals surface area contributed by atoms with Crippen molar-refractivity contribution in [1.29, 1.82) is 0 Å². The molecule has 4 aliphatic rings. The second-order valence-electron chi connectivity index (χ2n) is 11.7. The van der Waals surface area contributed by atoms with E-state index in [4.69, 9.17) is 15.0 Å². The van der Waals surface area contributed by atoms with Crippen molar-refractivity contribution in [3.8, 4) is 17.2 Å². The molecule has 4 unspecified atom stereocenters. The molecule has 7 N–H and O–H groups in total. The minimum absolute atomic E-state index is 0.0148. The Kier molecular flexibility index (Phi) is 6.71. The van der Waals surface area contributed by atoms with Crippen LogP contribution in [0.25, 0.3) is 17.2 Å². The van der Waals surface area contributed by atoms with Crippen LogP contribution in [0, 0.1) is 11.8 Å². The van der Waals surface area contributed by atoms with Crippen molar-refractivity contribution in [3.05, 3.63) is 46.0 Å². The molecule has 1 amide bonds. The number of hydrogen-bond donors (Lipinski definition) is 6. The number of primary amides is 1. The lowest BCUT2D eigenvalue weighted by Crippen LogP contribution is -2.67. The molecule has 0 radical (unpaired) electrons. The number of ketones is 2. The Morgan fingerprint density at radius 2 is 1.88 bits per heavy atom. The van der Waals surface area contributed by atoms with Gasteiger partial charge in [-0.2, -0.15) is 4.98 Å². The molecule has 222 valence electrons. The number of aromatic hydroxyl groups is 1. The summed E-state index contributed by atoms with van der Waals surface area (Å²) in [6.07, 6.45) is 1.19. The fourth-order valence-corrected chi connectivity index (χ4v) is 6.77. The van der Waals surface area contributed by atoms with Crippen LogP contribution in [0.15, 0.2) is 33.6 Å². The van der Waals surface area contributed by atoms with Gasteiger partial charge in [0.25, 0.3) is 11.8 Å². The molecule has 6 rings (SSSR count). The van der Waals surface area contributed by atoms with Crippen LogP contribution in [-0.4, -0.2) is 78.9 Å². The number of ether oxygens (including phenoxy) is 1. The molecule has 1 saturated heterocycles. The maximum Gasteiger partial charge on any atom is 0.258 e. The van der Waals surface area contributed by atoms with E-state index in [0.717, 1.165) is 0 Å². The molecular weight excluding hydrogens is 548 g/mol. The monoisotopic (exact) mass is 580 g/mol. The second kappa shape index (κ2) is 10.0. The first-order valence-corrected chi connectivity index (χ1v) is 14.0. The Hall–Kier alpha value is -4.07. The topological polar surface area (TPSA) is 218 Å². The number of benzene rings is 1. The number of amides is 1. The fourth-order valence-electron chi connectivity index (χ4n) is 6.77. The van der Waals surface area contributed by atoms with Crippen LogP contribution in [0.4, 0.5) is 0 Å². The van der Waals surface area contributed by atoms with E-state index in [1.54, 1.807) is 6.07 Å². The zero-order valence-corrected chi connectivity index (χ0v) is 23.1. The van der Waals surface area contributed by atoms with E-state index in [1.807, 2.05) is 13.8 Å². The van der Waals surface area contributed by atoms with Gasteiger partial charge in [0.05, 0.1) is 11.6 Å². The maximum atomic E-state index is 14.1. The van der Waals surface area contributed by atoms with E-state index in [-0.39, 0.29) is 47.6 Å². The van der Waals surface area contributed by atoms with Crippen molar-refractivity contribution >= 4 is 23.2 Å². The average molecular weight is 581 g/mol. The quantitative estimate of drug-likeness (QED) is 0.276. The van der Waals surface area contributed by atoms with Crippen LogP contribution >= 0.6 is 0 Å². The minimum Gasteiger partial charge on any atom is -0.508 e. The molecule has 13 nitrogen and oxygen atoms in total. The molecular formula is C29H32N4O9. The van der Waals surface area contributed by atoms with Crippen molar-refractivity contribution in [2.24, 2.45) is 17.6 Å². The van der Waals surface area contributed by atoms with Crippen LogP contribution in [0.2, 0.25) is 0 Å². The van der Waals surface area contributed by atoms with Crippen LogP contribution in [0.3, 0.4) is 0 Å². The number of nitrogens with zero attached hydrogens (tertiary/aromatic N) is 2. The Bertz CT molecular complexity index is 1570. The van der Waals surface area contributed by atoms with Gasteiger partial charge in [-0.3, -0.25) is 14.4 Å². The number of nitrogens with two attached hydrogens (primary N) is 1. The number of rotatable bonds is 5. The Labute approximate surface area is 240 Å². The van der Waals surface area contributed by atoms with Crippen LogP contribution < -0.4 is 11.1 Å². The smallest absolute Gasteiger partial charge is 0.258 e. The summed E-state index contributed by atoms with van der Waals surface area (Å²) < 4.78 is 10.9. The number of phenolic OH excluding ortho intramolecular Hbond substituents is 1. The molecule has 0 spiro atoms. The maximum absolute atomic E-state index is 14.1. The summed E-state index contributed by atoms with van der Waals surface area (Å²) in [7, 11) is 0. The zero-order chi connectivity index (χ0) is 30.1. The summed E-state index contributed by atoms with van der Waals surface area (Å²) in [5.74, 6) is -6.49. The van der Waals surface area contributed by atoms with Gasteiger partial charge in [0.2, 0.25) is 5.78 Å². The summed E-state index contributed by atoms with van der Waals surface area (Å²) >= 11 is 0. The second-order valence-corrected chi connectivity index (χ2v) is 11.7. The highest BCUT2D eigenvalue weighted by Gasteiger charge is 2.64. The summed E-state index contributed by atoms with van der Waals surface area (Å²) in [4.78, 5) is 44.4.